The molecule has 0 saturated heterocycles. The van der Waals surface area contributed by atoms with E-state index in [0.29, 0.717) is 11.3 Å². The van der Waals surface area contributed by atoms with Crippen molar-refractivity contribution in [3.63, 3.8) is 0 Å². The Bertz CT molecular complexity index is 776. The molecule has 3 N–H and O–H groups in total. The Morgan fingerprint density at radius 2 is 2.14 bits per heavy atom. The van der Waals surface area contributed by atoms with Crippen molar-refractivity contribution in [1.82, 2.24) is 20.6 Å². The Labute approximate surface area is 193 Å². The molecule has 29 heavy (non-hydrogen) atoms. The number of aromatic amines is 1. The predicted octanol–water partition coefficient (Wildman–Crippen LogP) is 3.75. The molecule has 1 aliphatic rings. The van der Waals surface area contributed by atoms with Gasteiger partial charge in [0, 0.05) is 47.4 Å². The molecule has 3 rings (SSSR count). The lowest BCUT2D eigenvalue weighted by Gasteiger charge is -2.30. The standard InChI is InChI=1S/C21H33N5OS.HI/c1-3-22-21(24-16-9-7-10-17(15-16)28(27)4-2)23-14-8-13-20-25-18-11-5-6-12-19(18)26-20;/h5-6,11-12,16-17H,3-4,7-10,13-15H2,1-2H3,(H,25,26)(H2,22,23,24);1H. The van der Waals surface area contributed by atoms with Gasteiger partial charge in [-0.25, -0.2) is 4.98 Å². The SMILES string of the molecule is CCNC(=NCCCc1nc2ccccc2[nH]1)NC1CCCC(S(=O)CC)C1.I. The molecule has 0 bridgehead atoms. The maximum Gasteiger partial charge on any atom is 0.191 e. The molecule has 6 nitrogen and oxygen atoms in total. The second-order valence-electron chi connectivity index (χ2n) is 7.36. The fourth-order valence-electron chi connectivity index (χ4n) is 3.83. The van der Waals surface area contributed by atoms with Gasteiger partial charge in [-0.1, -0.05) is 25.5 Å². The van der Waals surface area contributed by atoms with E-state index in [1.807, 2.05) is 25.1 Å². The molecule has 1 aliphatic carbocycles. The summed E-state index contributed by atoms with van der Waals surface area (Å²) in [7, 11) is -0.698. The predicted molar refractivity (Wildman–Crippen MR) is 134 cm³/mol. The summed E-state index contributed by atoms with van der Waals surface area (Å²) in [5, 5.41) is 7.24. The molecule has 8 heteroatoms. The van der Waals surface area contributed by atoms with Gasteiger partial charge in [-0.3, -0.25) is 9.20 Å². The maximum absolute atomic E-state index is 12.2. The number of fused-ring (bicyclic) bond motifs is 1. The van der Waals surface area contributed by atoms with Crippen LogP contribution < -0.4 is 10.6 Å². The zero-order valence-electron chi connectivity index (χ0n) is 17.4. The van der Waals surface area contributed by atoms with Crippen molar-refractivity contribution >= 4 is 51.8 Å². The highest BCUT2D eigenvalue weighted by molar-refractivity contribution is 14.0. The Morgan fingerprint density at radius 3 is 2.90 bits per heavy atom. The van der Waals surface area contributed by atoms with Gasteiger partial charge in [0.15, 0.2) is 5.96 Å². The number of halogens is 1. The topological polar surface area (TPSA) is 82.2 Å². The number of H-pyrrole nitrogens is 1. The Balaban J connectivity index is 0.00000300. The number of nitrogens with one attached hydrogen (secondary N) is 3. The summed E-state index contributed by atoms with van der Waals surface area (Å²) < 4.78 is 12.2. The van der Waals surface area contributed by atoms with Crippen LogP contribution in [-0.4, -0.2) is 50.3 Å². The van der Waals surface area contributed by atoms with E-state index in [1.165, 1.54) is 0 Å². The van der Waals surface area contributed by atoms with Crippen molar-refractivity contribution < 1.29 is 4.21 Å². The normalized spacial score (nSPS) is 20.8. The van der Waals surface area contributed by atoms with Crippen LogP contribution in [0.1, 0.15) is 51.8 Å². The minimum absolute atomic E-state index is 0. The van der Waals surface area contributed by atoms with Gasteiger partial charge in [-0.05, 0) is 44.7 Å². The molecule has 0 radical (unpaired) electrons. The second-order valence-corrected chi connectivity index (χ2v) is 9.37. The largest absolute Gasteiger partial charge is 0.357 e. The first-order valence-corrected chi connectivity index (χ1v) is 11.9. The smallest absolute Gasteiger partial charge is 0.191 e. The van der Waals surface area contributed by atoms with Gasteiger partial charge in [-0.15, -0.1) is 24.0 Å². The van der Waals surface area contributed by atoms with Crippen LogP contribution in [0.3, 0.4) is 0 Å². The molecule has 3 unspecified atom stereocenters. The Hall–Kier alpha value is -1.16. The van der Waals surface area contributed by atoms with Crippen LogP contribution in [0.5, 0.6) is 0 Å². The molecule has 3 atom stereocenters. The summed E-state index contributed by atoms with van der Waals surface area (Å²) >= 11 is 0. The summed E-state index contributed by atoms with van der Waals surface area (Å²) in [5.74, 6) is 2.65. The van der Waals surface area contributed by atoms with E-state index in [9.17, 15) is 4.21 Å². The highest BCUT2D eigenvalue weighted by Crippen LogP contribution is 2.23. The summed E-state index contributed by atoms with van der Waals surface area (Å²) in [6, 6.07) is 8.48. The molecule has 1 heterocycles. The fraction of sp³-hybridized carbons (Fsp3) is 0.619. The molecule has 1 aromatic carbocycles. The minimum atomic E-state index is -0.698. The van der Waals surface area contributed by atoms with E-state index in [0.717, 1.165) is 80.2 Å². The van der Waals surface area contributed by atoms with E-state index in [-0.39, 0.29) is 24.0 Å². The Kier molecular flexibility index (Phi) is 10.4. The van der Waals surface area contributed by atoms with Crippen LogP contribution in [0.4, 0.5) is 0 Å². The molecular weight excluding hydrogens is 497 g/mol. The number of imidazole rings is 1. The number of hydrogen-bond donors (Lipinski definition) is 3. The van der Waals surface area contributed by atoms with E-state index < -0.39 is 10.8 Å². The van der Waals surface area contributed by atoms with Gasteiger partial charge < -0.3 is 15.6 Å². The van der Waals surface area contributed by atoms with Gasteiger partial charge in [0.2, 0.25) is 0 Å². The average Bonchev–Trinajstić information content (AvgIpc) is 3.13. The van der Waals surface area contributed by atoms with E-state index in [4.69, 9.17) is 4.99 Å². The molecule has 2 aromatic rings. The number of nitrogens with zero attached hydrogens (tertiary/aromatic N) is 2. The fourth-order valence-corrected chi connectivity index (χ4v) is 5.17. The lowest BCUT2D eigenvalue weighted by Crippen LogP contribution is -2.46. The first-order valence-electron chi connectivity index (χ1n) is 10.5. The van der Waals surface area contributed by atoms with E-state index >= 15 is 0 Å². The van der Waals surface area contributed by atoms with Crippen LogP contribution in [0.25, 0.3) is 11.0 Å². The van der Waals surface area contributed by atoms with Crippen LogP contribution >= 0.6 is 24.0 Å². The minimum Gasteiger partial charge on any atom is -0.357 e. The van der Waals surface area contributed by atoms with Gasteiger partial charge in [-0.2, -0.15) is 0 Å². The number of para-hydroxylation sites is 2. The lowest BCUT2D eigenvalue weighted by molar-refractivity contribution is 0.413. The first kappa shape index (κ1) is 24.1. The van der Waals surface area contributed by atoms with Crippen molar-refractivity contribution in [3.05, 3.63) is 30.1 Å². The number of aryl methyl sites for hydroxylation is 1. The van der Waals surface area contributed by atoms with Gasteiger partial charge in [0.25, 0.3) is 0 Å². The molecule has 0 aliphatic heterocycles. The number of benzene rings is 1. The highest BCUT2D eigenvalue weighted by atomic mass is 127. The maximum atomic E-state index is 12.2. The quantitative estimate of drug-likeness (QED) is 0.210. The Morgan fingerprint density at radius 1 is 1.31 bits per heavy atom. The molecular formula is C21H34IN5OS. The third-order valence-corrected chi connectivity index (χ3v) is 6.99. The molecule has 1 saturated carbocycles. The number of rotatable bonds is 8. The monoisotopic (exact) mass is 531 g/mol. The number of hydrogen-bond acceptors (Lipinski definition) is 3. The van der Waals surface area contributed by atoms with Crippen LogP contribution in [-0.2, 0) is 17.2 Å². The second kappa shape index (κ2) is 12.5. The summed E-state index contributed by atoms with van der Waals surface area (Å²) in [6.07, 6.45) is 6.16. The third kappa shape index (κ3) is 7.24. The molecule has 0 amide bonds. The molecule has 1 aromatic heterocycles. The summed E-state index contributed by atoms with van der Waals surface area (Å²) in [4.78, 5) is 12.7. The van der Waals surface area contributed by atoms with Crippen LogP contribution in [0, 0.1) is 0 Å². The van der Waals surface area contributed by atoms with Gasteiger partial charge in [0.05, 0.1) is 11.0 Å². The average molecular weight is 532 g/mol. The summed E-state index contributed by atoms with van der Waals surface area (Å²) in [6.45, 7) is 5.69. The van der Waals surface area contributed by atoms with E-state index in [2.05, 4.69) is 33.6 Å². The lowest BCUT2D eigenvalue weighted by atomic mass is 9.95. The first-order chi connectivity index (χ1) is 13.7. The van der Waals surface area contributed by atoms with Gasteiger partial charge >= 0.3 is 0 Å². The molecule has 1 fully saturated rings. The zero-order valence-corrected chi connectivity index (χ0v) is 20.6. The van der Waals surface area contributed by atoms with Crippen molar-refractivity contribution in [2.24, 2.45) is 4.99 Å². The van der Waals surface area contributed by atoms with Crippen molar-refractivity contribution in [2.45, 2.75) is 63.7 Å². The zero-order chi connectivity index (χ0) is 19.8. The molecule has 0 spiro atoms. The molecule has 162 valence electrons. The summed E-state index contributed by atoms with van der Waals surface area (Å²) in [5.41, 5.74) is 2.11. The third-order valence-electron chi connectivity index (χ3n) is 5.25. The number of aliphatic imine (C=N–C) groups is 1. The van der Waals surface area contributed by atoms with Crippen LogP contribution in [0.15, 0.2) is 29.3 Å². The van der Waals surface area contributed by atoms with Crippen molar-refractivity contribution in [1.29, 1.82) is 0 Å². The number of aromatic nitrogens is 2. The van der Waals surface area contributed by atoms with Crippen molar-refractivity contribution in [3.8, 4) is 0 Å². The van der Waals surface area contributed by atoms with Gasteiger partial charge in [0.1, 0.15) is 5.82 Å². The highest BCUT2D eigenvalue weighted by Gasteiger charge is 2.25. The van der Waals surface area contributed by atoms with Crippen molar-refractivity contribution in [2.75, 3.05) is 18.8 Å². The van der Waals surface area contributed by atoms with E-state index in [1.54, 1.807) is 0 Å². The number of guanidine groups is 1. The van der Waals surface area contributed by atoms with Crippen LogP contribution in [0.2, 0.25) is 0 Å².